The number of Topliss-reactive ketones (excluding diaryl/α,β-unsaturated/α-hetero) is 1. The Balaban J connectivity index is 1.32. The van der Waals surface area contributed by atoms with Crippen LogP contribution in [0.5, 0.6) is 5.88 Å². The largest absolute Gasteiger partial charge is 0.469 e. The predicted molar refractivity (Wildman–Crippen MR) is 81.2 cm³/mol. The highest BCUT2D eigenvalue weighted by atomic mass is 16.6. The van der Waals surface area contributed by atoms with E-state index in [-0.39, 0.29) is 24.2 Å². The fourth-order valence-corrected chi connectivity index (χ4v) is 4.22. The summed E-state index contributed by atoms with van der Waals surface area (Å²) in [4.78, 5) is 24.2. The van der Waals surface area contributed by atoms with Gasteiger partial charge in [-0.05, 0) is 57.3 Å². The van der Waals surface area contributed by atoms with Crippen LogP contribution in [0.1, 0.15) is 46.5 Å². The van der Waals surface area contributed by atoms with Gasteiger partial charge in [0.1, 0.15) is 12.2 Å². The molecule has 2 spiro atoms. The SMILES string of the molecule is CC(C)(C)OC(=O)n1ccc(OCC(=O)C2C3(CC3)C23CC3)n1. The van der Waals surface area contributed by atoms with Crippen LogP contribution in [0.3, 0.4) is 0 Å². The van der Waals surface area contributed by atoms with Gasteiger partial charge in [-0.15, -0.1) is 5.10 Å². The van der Waals surface area contributed by atoms with Crippen molar-refractivity contribution in [2.75, 3.05) is 6.61 Å². The van der Waals surface area contributed by atoms with Crippen molar-refractivity contribution in [2.45, 2.75) is 52.1 Å². The first-order valence-corrected chi connectivity index (χ1v) is 8.22. The van der Waals surface area contributed by atoms with Crippen LogP contribution in [0, 0.1) is 16.7 Å². The summed E-state index contributed by atoms with van der Waals surface area (Å²) in [6.45, 7) is 5.42. The normalized spacial score (nSPS) is 22.9. The van der Waals surface area contributed by atoms with E-state index in [1.165, 1.54) is 31.9 Å². The Morgan fingerprint density at radius 3 is 2.39 bits per heavy atom. The molecule has 1 heterocycles. The summed E-state index contributed by atoms with van der Waals surface area (Å²) in [6.07, 6.45) is 5.74. The molecule has 0 aliphatic heterocycles. The van der Waals surface area contributed by atoms with Gasteiger partial charge in [-0.1, -0.05) is 0 Å². The van der Waals surface area contributed by atoms with Crippen LogP contribution in [0.4, 0.5) is 4.79 Å². The van der Waals surface area contributed by atoms with Crippen molar-refractivity contribution in [3.8, 4) is 5.88 Å². The molecular weight excluding hydrogens is 296 g/mol. The summed E-state index contributed by atoms with van der Waals surface area (Å²) in [7, 11) is 0. The zero-order chi connectivity index (χ0) is 16.5. The van der Waals surface area contributed by atoms with Gasteiger partial charge in [0.05, 0.1) is 0 Å². The number of carbonyl (C=O) groups excluding carboxylic acids is 2. The van der Waals surface area contributed by atoms with E-state index >= 15 is 0 Å². The number of fused-ring (bicyclic) bond motifs is 1. The molecule has 3 aliphatic carbocycles. The number of carbonyl (C=O) groups is 2. The topological polar surface area (TPSA) is 70.4 Å². The number of rotatable bonds is 4. The fraction of sp³-hybridized carbons (Fsp3) is 0.706. The third-order valence-electron chi connectivity index (χ3n) is 5.42. The summed E-state index contributed by atoms with van der Waals surface area (Å²) in [5.74, 6) is 0.675. The smallest absolute Gasteiger partial charge is 0.435 e. The van der Waals surface area contributed by atoms with Gasteiger partial charge in [0.25, 0.3) is 0 Å². The second kappa shape index (κ2) is 4.36. The van der Waals surface area contributed by atoms with Gasteiger partial charge in [-0.2, -0.15) is 4.68 Å². The average molecular weight is 318 g/mol. The Hall–Kier alpha value is -1.85. The molecule has 23 heavy (non-hydrogen) atoms. The van der Waals surface area contributed by atoms with E-state index < -0.39 is 11.7 Å². The monoisotopic (exact) mass is 318 g/mol. The second-order valence-corrected chi connectivity index (χ2v) is 8.08. The summed E-state index contributed by atoms with van der Waals surface area (Å²) < 4.78 is 11.8. The van der Waals surface area contributed by atoms with E-state index in [1.807, 2.05) is 0 Å². The lowest BCUT2D eigenvalue weighted by Crippen LogP contribution is -2.27. The molecule has 0 unspecified atom stereocenters. The van der Waals surface area contributed by atoms with Crippen LogP contribution in [0.2, 0.25) is 0 Å². The van der Waals surface area contributed by atoms with Crippen LogP contribution in [0.25, 0.3) is 0 Å². The maximum atomic E-state index is 12.4. The molecule has 4 rings (SSSR count). The van der Waals surface area contributed by atoms with Gasteiger partial charge in [-0.25, -0.2) is 4.79 Å². The molecule has 6 heteroatoms. The number of hydrogen-bond donors (Lipinski definition) is 0. The van der Waals surface area contributed by atoms with Crippen molar-refractivity contribution < 1.29 is 19.1 Å². The van der Waals surface area contributed by atoms with Gasteiger partial charge < -0.3 is 9.47 Å². The Bertz CT molecular complexity index is 659. The molecule has 6 nitrogen and oxygen atoms in total. The minimum absolute atomic E-state index is 0.0412. The van der Waals surface area contributed by atoms with E-state index in [0.29, 0.717) is 10.8 Å². The van der Waals surface area contributed by atoms with E-state index in [4.69, 9.17) is 9.47 Å². The number of ether oxygens (including phenoxy) is 2. The fourth-order valence-electron chi connectivity index (χ4n) is 4.22. The molecule has 3 aliphatic rings. The minimum Gasteiger partial charge on any atom is -0.469 e. The molecule has 0 amide bonds. The zero-order valence-electron chi connectivity index (χ0n) is 13.8. The van der Waals surface area contributed by atoms with E-state index in [9.17, 15) is 9.59 Å². The predicted octanol–water partition coefficient (Wildman–Crippen LogP) is 2.80. The van der Waals surface area contributed by atoms with Crippen molar-refractivity contribution in [2.24, 2.45) is 16.7 Å². The van der Waals surface area contributed by atoms with Crippen LogP contribution >= 0.6 is 0 Å². The van der Waals surface area contributed by atoms with Crippen molar-refractivity contribution in [1.82, 2.24) is 9.78 Å². The van der Waals surface area contributed by atoms with Crippen molar-refractivity contribution in [3.63, 3.8) is 0 Å². The quantitative estimate of drug-likeness (QED) is 0.853. The lowest BCUT2D eigenvalue weighted by atomic mass is 10.2. The molecular formula is C17H22N2O4. The first kappa shape index (κ1) is 14.7. The van der Waals surface area contributed by atoms with Gasteiger partial charge in [0.2, 0.25) is 5.88 Å². The number of nitrogens with zero attached hydrogens (tertiary/aromatic N) is 2. The first-order chi connectivity index (χ1) is 10.8. The Morgan fingerprint density at radius 1 is 1.26 bits per heavy atom. The average Bonchev–Trinajstić information content (AvgIpc) is 3.39. The molecule has 124 valence electrons. The minimum atomic E-state index is -0.580. The molecule has 0 atom stereocenters. The van der Waals surface area contributed by atoms with Crippen molar-refractivity contribution >= 4 is 11.9 Å². The van der Waals surface area contributed by atoms with Crippen LogP contribution < -0.4 is 4.74 Å². The number of hydrogen-bond acceptors (Lipinski definition) is 5. The van der Waals surface area contributed by atoms with E-state index in [0.717, 1.165) is 4.68 Å². The van der Waals surface area contributed by atoms with Crippen LogP contribution in [0.15, 0.2) is 12.3 Å². The third-order valence-corrected chi connectivity index (χ3v) is 5.42. The first-order valence-electron chi connectivity index (χ1n) is 8.22. The second-order valence-electron chi connectivity index (χ2n) is 8.08. The Kier molecular flexibility index (Phi) is 2.79. The molecule has 0 aromatic carbocycles. The standard InChI is InChI=1S/C17H22N2O4/c1-15(2,3)23-14(21)19-9-4-12(18-19)22-10-11(20)13-16(5-6-16)17(13)7-8-17/h4,9,13H,5-8,10H2,1-3H3. The van der Waals surface area contributed by atoms with Gasteiger partial charge in [-0.3, -0.25) is 4.79 Å². The Labute approximate surface area is 135 Å². The Morgan fingerprint density at radius 2 is 1.87 bits per heavy atom. The maximum absolute atomic E-state index is 12.4. The number of aromatic nitrogens is 2. The van der Waals surface area contributed by atoms with Gasteiger partial charge in [0, 0.05) is 18.2 Å². The van der Waals surface area contributed by atoms with Crippen LogP contribution in [-0.2, 0) is 9.53 Å². The highest BCUT2D eigenvalue weighted by molar-refractivity contribution is 5.89. The molecule has 0 radical (unpaired) electrons. The third kappa shape index (κ3) is 2.26. The molecule has 0 saturated heterocycles. The van der Waals surface area contributed by atoms with Gasteiger partial charge in [0.15, 0.2) is 5.78 Å². The maximum Gasteiger partial charge on any atom is 0.435 e. The molecule has 3 fully saturated rings. The van der Waals surface area contributed by atoms with Crippen LogP contribution in [-0.4, -0.2) is 33.9 Å². The summed E-state index contributed by atoms with van der Waals surface area (Å²) in [6, 6.07) is 1.57. The van der Waals surface area contributed by atoms with Gasteiger partial charge >= 0.3 is 6.09 Å². The molecule has 0 N–H and O–H groups in total. The van der Waals surface area contributed by atoms with E-state index in [2.05, 4.69) is 5.10 Å². The highest BCUT2D eigenvalue weighted by Crippen LogP contribution is 2.92. The molecule has 0 bridgehead atoms. The zero-order valence-corrected chi connectivity index (χ0v) is 13.8. The summed E-state index contributed by atoms with van der Waals surface area (Å²) >= 11 is 0. The molecule has 1 aromatic rings. The molecule has 1 aromatic heterocycles. The van der Waals surface area contributed by atoms with Crippen molar-refractivity contribution in [3.05, 3.63) is 12.3 Å². The summed E-state index contributed by atoms with van der Waals surface area (Å²) in [5.41, 5.74) is 0.121. The summed E-state index contributed by atoms with van der Waals surface area (Å²) in [5, 5.41) is 4.02. The lowest BCUT2D eigenvalue weighted by molar-refractivity contribution is -0.123. The van der Waals surface area contributed by atoms with E-state index in [1.54, 1.807) is 26.8 Å². The van der Waals surface area contributed by atoms with Crippen molar-refractivity contribution in [1.29, 1.82) is 0 Å². The highest BCUT2D eigenvalue weighted by Gasteiger charge is 2.88. The number of ketones is 1. The molecule has 3 saturated carbocycles. The lowest BCUT2D eigenvalue weighted by Gasteiger charge is -2.18.